The first kappa shape index (κ1) is 24.7. The summed E-state index contributed by atoms with van der Waals surface area (Å²) >= 11 is 1.61. The number of benzene rings is 2. The fourth-order valence-corrected chi connectivity index (χ4v) is 4.87. The summed E-state index contributed by atoms with van der Waals surface area (Å²) in [7, 11) is 3.22. The SMILES string of the molecule is CCCCSc1nc2n(n1)C(c1ccc(OC)cc1OC)C(C(=O)Nc1ccc(C)cc1)=C(C)N2. The number of hydrogen-bond donors (Lipinski definition) is 2. The minimum atomic E-state index is -0.537. The first-order chi connectivity index (χ1) is 16.9. The molecule has 0 aliphatic carbocycles. The van der Waals surface area contributed by atoms with E-state index in [4.69, 9.17) is 19.6 Å². The standard InChI is InChI=1S/C26H31N5O3S/c1-6-7-14-35-26-29-25-27-17(3)22(24(32)28-18-10-8-16(2)9-11-18)23(31(25)30-26)20-13-12-19(33-4)15-21(20)34-5/h8-13,15,23H,6-7,14H2,1-5H3,(H,28,32)(H,27,29,30). The first-order valence-electron chi connectivity index (χ1n) is 11.6. The van der Waals surface area contributed by atoms with Crippen LogP contribution in [0.4, 0.5) is 11.6 Å². The third kappa shape index (κ3) is 5.30. The summed E-state index contributed by atoms with van der Waals surface area (Å²) < 4.78 is 12.9. The lowest BCUT2D eigenvalue weighted by atomic mass is 9.94. The van der Waals surface area contributed by atoms with Crippen molar-refractivity contribution in [2.24, 2.45) is 0 Å². The van der Waals surface area contributed by atoms with Crippen molar-refractivity contribution < 1.29 is 14.3 Å². The molecular weight excluding hydrogens is 462 g/mol. The number of hydrogen-bond acceptors (Lipinski definition) is 7. The maximum atomic E-state index is 13.7. The molecule has 0 spiro atoms. The Hall–Kier alpha value is -3.46. The van der Waals surface area contributed by atoms with Gasteiger partial charge in [-0.2, -0.15) is 4.98 Å². The van der Waals surface area contributed by atoms with E-state index < -0.39 is 6.04 Å². The van der Waals surface area contributed by atoms with Gasteiger partial charge in [-0.15, -0.1) is 5.10 Å². The number of nitrogens with one attached hydrogen (secondary N) is 2. The van der Waals surface area contributed by atoms with Crippen LogP contribution in [0.25, 0.3) is 0 Å². The van der Waals surface area contributed by atoms with Gasteiger partial charge in [-0.3, -0.25) is 4.79 Å². The molecule has 184 valence electrons. The Bertz CT molecular complexity index is 1240. The second kappa shape index (κ2) is 10.9. The third-order valence-corrected chi connectivity index (χ3v) is 6.78. The molecule has 2 heterocycles. The van der Waals surface area contributed by atoms with Crippen LogP contribution in [0.15, 0.2) is 58.9 Å². The lowest BCUT2D eigenvalue weighted by Crippen LogP contribution is -2.31. The molecule has 9 heteroatoms. The number of rotatable bonds is 9. The van der Waals surface area contributed by atoms with Gasteiger partial charge in [-0.05, 0) is 44.5 Å². The van der Waals surface area contributed by atoms with Crippen molar-refractivity contribution in [3.63, 3.8) is 0 Å². The van der Waals surface area contributed by atoms with Crippen LogP contribution in [-0.4, -0.2) is 40.6 Å². The smallest absolute Gasteiger partial charge is 0.255 e. The van der Waals surface area contributed by atoms with Crippen molar-refractivity contribution in [1.29, 1.82) is 0 Å². The van der Waals surface area contributed by atoms with Crippen LogP contribution in [0, 0.1) is 6.92 Å². The number of aromatic nitrogens is 3. The summed E-state index contributed by atoms with van der Waals surface area (Å²) in [5.41, 5.74) is 3.89. The number of carbonyl (C=O) groups excluding carboxylic acids is 1. The van der Waals surface area contributed by atoms with Crippen LogP contribution in [0.2, 0.25) is 0 Å². The van der Waals surface area contributed by atoms with Gasteiger partial charge in [0.1, 0.15) is 17.5 Å². The molecule has 0 saturated carbocycles. The number of allylic oxidation sites excluding steroid dienone is 1. The number of anilines is 2. The molecule has 2 N–H and O–H groups in total. The van der Waals surface area contributed by atoms with Gasteiger partial charge in [0.2, 0.25) is 11.1 Å². The van der Waals surface area contributed by atoms with Gasteiger partial charge in [-0.1, -0.05) is 42.8 Å². The minimum absolute atomic E-state index is 0.219. The number of methoxy groups -OCH3 is 2. The lowest BCUT2D eigenvalue weighted by molar-refractivity contribution is -0.113. The highest BCUT2D eigenvalue weighted by Gasteiger charge is 2.36. The average molecular weight is 494 g/mol. The van der Waals surface area contributed by atoms with Crippen LogP contribution < -0.4 is 20.1 Å². The number of ether oxygens (including phenoxy) is 2. The lowest BCUT2D eigenvalue weighted by Gasteiger charge is -2.29. The number of fused-ring (bicyclic) bond motifs is 1. The van der Waals surface area contributed by atoms with Gasteiger partial charge in [0.05, 0.1) is 19.8 Å². The van der Waals surface area contributed by atoms with E-state index in [2.05, 4.69) is 17.6 Å². The molecule has 1 unspecified atom stereocenters. The van der Waals surface area contributed by atoms with Crippen molar-refractivity contribution in [2.75, 3.05) is 30.6 Å². The zero-order valence-electron chi connectivity index (χ0n) is 20.7. The number of carbonyl (C=O) groups is 1. The van der Waals surface area contributed by atoms with Crippen LogP contribution in [0.5, 0.6) is 11.5 Å². The zero-order chi connectivity index (χ0) is 24.9. The molecule has 1 atom stereocenters. The summed E-state index contributed by atoms with van der Waals surface area (Å²) in [5, 5.41) is 11.8. The molecule has 2 aromatic carbocycles. The van der Waals surface area contributed by atoms with E-state index in [1.807, 2.05) is 56.3 Å². The van der Waals surface area contributed by atoms with E-state index in [-0.39, 0.29) is 5.91 Å². The molecule has 3 aromatic rings. The zero-order valence-corrected chi connectivity index (χ0v) is 21.5. The highest BCUT2D eigenvalue weighted by molar-refractivity contribution is 7.99. The maximum Gasteiger partial charge on any atom is 0.255 e. The summed E-state index contributed by atoms with van der Waals surface area (Å²) in [5.74, 6) is 2.58. The topological polar surface area (TPSA) is 90.3 Å². The van der Waals surface area contributed by atoms with Crippen molar-refractivity contribution in [1.82, 2.24) is 14.8 Å². The highest BCUT2D eigenvalue weighted by Crippen LogP contribution is 2.41. The van der Waals surface area contributed by atoms with E-state index in [0.29, 0.717) is 33.9 Å². The Morgan fingerprint density at radius 1 is 1.14 bits per heavy atom. The first-order valence-corrected chi connectivity index (χ1v) is 12.6. The molecule has 0 saturated heterocycles. The molecule has 35 heavy (non-hydrogen) atoms. The van der Waals surface area contributed by atoms with E-state index in [9.17, 15) is 4.79 Å². The van der Waals surface area contributed by atoms with Crippen molar-refractivity contribution in [3.8, 4) is 11.5 Å². The van der Waals surface area contributed by atoms with Gasteiger partial charge in [0, 0.05) is 28.8 Å². The molecule has 1 amide bonds. The molecule has 4 rings (SSSR count). The molecule has 1 aliphatic rings. The predicted octanol–water partition coefficient (Wildman–Crippen LogP) is 5.42. The Labute approximate surface area is 210 Å². The van der Waals surface area contributed by atoms with E-state index >= 15 is 0 Å². The van der Waals surface area contributed by atoms with Crippen molar-refractivity contribution in [2.45, 2.75) is 44.8 Å². The molecule has 0 bridgehead atoms. The number of amides is 1. The van der Waals surface area contributed by atoms with Gasteiger partial charge in [0.25, 0.3) is 5.91 Å². The Morgan fingerprint density at radius 2 is 1.91 bits per heavy atom. The van der Waals surface area contributed by atoms with Crippen LogP contribution in [0.1, 0.15) is 43.9 Å². The average Bonchev–Trinajstić information content (AvgIpc) is 3.26. The molecule has 0 radical (unpaired) electrons. The van der Waals surface area contributed by atoms with Crippen LogP contribution in [-0.2, 0) is 4.79 Å². The van der Waals surface area contributed by atoms with E-state index in [1.165, 1.54) is 0 Å². The summed E-state index contributed by atoms with van der Waals surface area (Å²) in [4.78, 5) is 18.4. The Kier molecular flexibility index (Phi) is 7.65. The summed E-state index contributed by atoms with van der Waals surface area (Å²) in [6.45, 7) is 6.05. The van der Waals surface area contributed by atoms with Crippen LogP contribution >= 0.6 is 11.8 Å². The number of nitrogens with zero attached hydrogens (tertiary/aromatic N) is 3. The minimum Gasteiger partial charge on any atom is -0.497 e. The van der Waals surface area contributed by atoms with Gasteiger partial charge in [-0.25, -0.2) is 4.68 Å². The van der Waals surface area contributed by atoms with Gasteiger partial charge >= 0.3 is 0 Å². The monoisotopic (exact) mass is 493 g/mol. The molecular formula is C26H31N5O3S. The number of aryl methyl sites for hydroxylation is 1. The second-order valence-electron chi connectivity index (χ2n) is 8.36. The van der Waals surface area contributed by atoms with Crippen molar-refractivity contribution in [3.05, 3.63) is 64.9 Å². The normalized spacial score (nSPS) is 14.8. The summed E-state index contributed by atoms with van der Waals surface area (Å²) in [6, 6.07) is 12.8. The van der Waals surface area contributed by atoms with E-state index in [1.54, 1.807) is 30.7 Å². The maximum absolute atomic E-state index is 13.7. The van der Waals surface area contributed by atoms with Gasteiger partial charge in [0.15, 0.2) is 0 Å². The summed E-state index contributed by atoms with van der Waals surface area (Å²) in [6.07, 6.45) is 2.19. The molecule has 1 aliphatic heterocycles. The number of thioether (sulfide) groups is 1. The predicted molar refractivity (Wildman–Crippen MR) is 139 cm³/mol. The van der Waals surface area contributed by atoms with Crippen molar-refractivity contribution >= 4 is 29.3 Å². The Balaban J connectivity index is 1.78. The highest BCUT2D eigenvalue weighted by atomic mass is 32.2. The third-order valence-electron chi connectivity index (χ3n) is 5.85. The Morgan fingerprint density at radius 3 is 2.60 bits per heavy atom. The molecule has 1 aromatic heterocycles. The second-order valence-corrected chi connectivity index (χ2v) is 9.42. The van der Waals surface area contributed by atoms with E-state index in [0.717, 1.165) is 35.4 Å². The fraction of sp³-hybridized carbons (Fsp3) is 0.346. The molecule has 0 fully saturated rings. The fourth-order valence-electron chi connectivity index (χ4n) is 3.96. The largest absolute Gasteiger partial charge is 0.497 e. The quantitative estimate of drug-likeness (QED) is 0.304. The molecule has 8 nitrogen and oxygen atoms in total. The number of unbranched alkanes of at least 4 members (excludes halogenated alkanes) is 1. The van der Waals surface area contributed by atoms with Gasteiger partial charge < -0.3 is 20.1 Å². The van der Waals surface area contributed by atoms with Crippen LogP contribution in [0.3, 0.4) is 0 Å².